The van der Waals surface area contributed by atoms with Crippen LogP contribution in [0.2, 0.25) is 0 Å². The molecule has 1 aliphatic carbocycles. The Morgan fingerprint density at radius 3 is 2.58 bits per heavy atom. The molecule has 2 atom stereocenters. The number of nitrogens with zero attached hydrogens (tertiary/aromatic N) is 1. The van der Waals surface area contributed by atoms with Crippen LogP contribution in [0.5, 0.6) is 5.75 Å². The van der Waals surface area contributed by atoms with E-state index in [0.717, 1.165) is 12.3 Å². The average Bonchev–Trinajstić information content (AvgIpc) is 2.90. The Balaban J connectivity index is 2.26. The van der Waals surface area contributed by atoms with E-state index in [9.17, 15) is 0 Å². The van der Waals surface area contributed by atoms with E-state index in [2.05, 4.69) is 31.0 Å². The number of nitrogens with two attached hydrogens (primary N) is 1. The van der Waals surface area contributed by atoms with Crippen LogP contribution < -0.4 is 15.4 Å². The van der Waals surface area contributed by atoms with Gasteiger partial charge in [-0.15, -0.1) is 0 Å². The highest BCUT2D eigenvalue weighted by atomic mass is 16.5. The molecule has 1 saturated carbocycles. The van der Waals surface area contributed by atoms with Crippen LogP contribution in [-0.4, -0.2) is 26.2 Å². The van der Waals surface area contributed by atoms with Crippen molar-refractivity contribution in [2.24, 2.45) is 11.7 Å². The van der Waals surface area contributed by atoms with Gasteiger partial charge in [-0.05, 0) is 43.0 Å². The van der Waals surface area contributed by atoms with Crippen LogP contribution in [0.25, 0.3) is 0 Å². The number of hydrogen-bond acceptors (Lipinski definition) is 3. The second-order valence-electron chi connectivity index (χ2n) is 5.56. The maximum Gasteiger partial charge on any atom is 0.119 e. The zero-order chi connectivity index (χ0) is 13.9. The molecule has 0 bridgehead atoms. The van der Waals surface area contributed by atoms with Gasteiger partial charge < -0.3 is 15.4 Å². The standard InChI is InChI=1S/C16H26N2O/c1-4-13-6-5-11-16(13,12-17)18(2)14-7-9-15(19-3)10-8-14/h7-10,13H,4-6,11-12,17H2,1-3H3. The summed E-state index contributed by atoms with van der Waals surface area (Å²) in [6.07, 6.45) is 4.99. The predicted octanol–water partition coefficient (Wildman–Crippen LogP) is 3.04. The van der Waals surface area contributed by atoms with E-state index >= 15 is 0 Å². The fraction of sp³-hybridized carbons (Fsp3) is 0.625. The normalized spacial score (nSPS) is 26.4. The molecule has 19 heavy (non-hydrogen) atoms. The van der Waals surface area contributed by atoms with Crippen LogP contribution in [0.1, 0.15) is 32.6 Å². The van der Waals surface area contributed by atoms with Crippen molar-refractivity contribution in [3.8, 4) is 5.75 Å². The molecular formula is C16H26N2O. The summed E-state index contributed by atoms with van der Waals surface area (Å²) in [7, 11) is 3.88. The number of methoxy groups -OCH3 is 1. The largest absolute Gasteiger partial charge is 0.497 e. The number of likely N-dealkylation sites (N-methyl/N-ethyl adjacent to an activating group) is 1. The molecule has 1 aliphatic rings. The minimum absolute atomic E-state index is 0.128. The predicted molar refractivity (Wildman–Crippen MR) is 80.8 cm³/mol. The number of rotatable bonds is 5. The first-order chi connectivity index (χ1) is 9.17. The van der Waals surface area contributed by atoms with Gasteiger partial charge in [0.05, 0.1) is 12.6 Å². The van der Waals surface area contributed by atoms with E-state index in [1.165, 1.54) is 31.4 Å². The van der Waals surface area contributed by atoms with Gasteiger partial charge in [0.25, 0.3) is 0 Å². The maximum absolute atomic E-state index is 6.16. The molecule has 3 nitrogen and oxygen atoms in total. The Bertz CT molecular complexity index is 404. The maximum atomic E-state index is 6.16. The number of ether oxygens (including phenoxy) is 1. The first-order valence-electron chi connectivity index (χ1n) is 7.26. The summed E-state index contributed by atoms with van der Waals surface area (Å²) in [5.74, 6) is 1.60. The highest BCUT2D eigenvalue weighted by Crippen LogP contribution is 2.43. The molecule has 2 N–H and O–H groups in total. The molecule has 1 aromatic rings. The van der Waals surface area contributed by atoms with Gasteiger partial charge in [-0.1, -0.05) is 19.8 Å². The lowest BCUT2D eigenvalue weighted by Gasteiger charge is -2.44. The van der Waals surface area contributed by atoms with Crippen LogP contribution in [0, 0.1) is 5.92 Å². The molecule has 0 amide bonds. The van der Waals surface area contributed by atoms with Gasteiger partial charge in [0.1, 0.15) is 5.75 Å². The molecule has 0 saturated heterocycles. The smallest absolute Gasteiger partial charge is 0.119 e. The van der Waals surface area contributed by atoms with Gasteiger partial charge >= 0.3 is 0 Å². The molecule has 0 aromatic heterocycles. The molecule has 2 unspecified atom stereocenters. The highest BCUT2D eigenvalue weighted by molar-refractivity contribution is 5.51. The zero-order valence-electron chi connectivity index (χ0n) is 12.4. The lowest BCUT2D eigenvalue weighted by molar-refractivity contribution is 0.303. The third-order valence-electron chi connectivity index (χ3n) is 4.90. The van der Waals surface area contributed by atoms with Gasteiger partial charge in [-0.3, -0.25) is 0 Å². The van der Waals surface area contributed by atoms with E-state index in [-0.39, 0.29) is 5.54 Å². The first-order valence-corrected chi connectivity index (χ1v) is 7.26. The van der Waals surface area contributed by atoms with Gasteiger partial charge in [0.2, 0.25) is 0 Å². The van der Waals surface area contributed by atoms with Crippen LogP contribution in [0.4, 0.5) is 5.69 Å². The van der Waals surface area contributed by atoms with Crippen LogP contribution in [0.3, 0.4) is 0 Å². The molecule has 3 heteroatoms. The average molecular weight is 262 g/mol. The SMILES string of the molecule is CCC1CCCC1(CN)N(C)c1ccc(OC)cc1. The minimum atomic E-state index is 0.128. The third kappa shape index (κ3) is 2.44. The topological polar surface area (TPSA) is 38.5 Å². The summed E-state index contributed by atoms with van der Waals surface area (Å²) >= 11 is 0. The van der Waals surface area contributed by atoms with Crippen LogP contribution >= 0.6 is 0 Å². The molecule has 0 heterocycles. The quantitative estimate of drug-likeness (QED) is 0.886. The summed E-state index contributed by atoms with van der Waals surface area (Å²) in [5.41, 5.74) is 7.52. The Kier molecular flexibility index (Phi) is 4.35. The van der Waals surface area contributed by atoms with E-state index < -0.39 is 0 Å². The van der Waals surface area contributed by atoms with Crippen molar-refractivity contribution in [1.29, 1.82) is 0 Å². The number of hydrogen-bond donors (Lipinski definition) is 1. The van der Waals surface area contributed by atoms with E-state index in [1.807, 2.05) is 12.1 Å². The number of anilines is 1. The van der Waals surface area contributed by atoms with Crippen molar-refractivity contribution in [2.75, 3.05) is 25.6 Å². The third-order valence-corrected chi connectivity index (χ3v) is 4.90. The second-order valence-corrected chi connectivity index (χ2v) is 5.56. The van der Waals surface area contributed by atoms with E-state index in [1.54, 1.807) is 7.11 Å². The van der Waals surface area contributed by atoms with E-state index in [4.69, 9.17) is 10.5 Å². The zero-order valence-corrected chi connectivity index (χ0v) is 12.4. The summed E-state index contributed by atoms with van der Waals surface area (Å²) in [4.78, 5) is 2.40. The van der Waals surface area contributed by atoms with Crippen molar-refractivity contribution in [3.63, 3.8) is 0 Å². The highest BCUT2D eigenvalue weighted by Gasteiger charge is 2.44. The molecule has 0 spiro atoms. The Hall–Kier alpha value is -1.22. The van der Waals surface area contributed by atoms with Gasteiger partial charge in [-0.25, -0.2) is 0 Å². The Morgan fingerprint density at radius 1 is 1.37 bits per heavy atom. The lowest BCUT2D eigenvalue weighted by atomic mass is 9.83. The fourth-order valence-electron chi connectivity index (χ4n) is 3.62. The molecule has 1 aromatic carbocycles. The summed E-state index contributed by atoms with van der Waals surface area (Å²) in [5, 5.41) is 0. The van der Waals surface area contributed by atoms with Crippen molar-refractivity contribution >= 4 is 5.69 Å². The van der Waals surface area contributed by atoms with Crippen LogP contribution in [-0.2, 0) is 0 Å². The molecule has 106 valence electrons. The van der Waals surface area contributed by atoms with Crippen molar-refractivity contribution in [3.05, 3.63) is 24.3 Å². The van der Waals surface area contributed by atoms with Gasteiger partial charge in [0.15, 0.2) is 0 Å². The van der Waals surface area contributed by atoms with Crippen LogP contribution in [0.15, 0.2) is 24.3 Å². The lowest BCUT2D eigenvalue weighted by Crippen LogP contribution is -2.54. The van der Waals surface area contributed by atoms with Crippen molar-refractivity contribution in [1.82, 2.24) is 0 Å². The molecule has 0 aliphatic heterocycles. The summed E-state index contributed by atoms with van der Waals surface area (Å²) in [6.45, 7) is 3.01. The Labute approximate surface area is 116 Å². The molecule has 1 fully saturated rings. The monoisotopic (exact) mass is 262 g/mol. The Morgan fingerprint density at radius 2 is 2.05 bits per heavy atom. The van der Waals surface area contributed by atoms with E-state index in [0.29, 0.717) is 5.92 Å². The first kappa shape index (κ1) is 14.2. The van der Waals surface area contributed by atoms with Gasteiger partial charge in [-0.2, -0.15) is 0 Å². The fourth-order valence-corrected chi connectivity index (χ4v) is 3.62. The van der Waals surface area contributed by atoms with Gasteiger partial charge in [0, 0.05) is 19.3 Å². The summed E-state index contributed by atoms with van der Waals surface area (Å²) < 4.78 is 5.22. The van der Waals surface area contributed by atoms with Crippen molar-refractivity contribution in [2.45, 2.75) is 38.1 Å². The minimum Gasteiger partial charge on any atom is -0.497 e. The van der Waals surface area contributed by atoms with Crippen molar-refractivity contribution < 1.29 is 4.74 Å². The second kappa shape index (κ2) is 5.83. The summed E-state index contributed by atoms with van der Waals surface area (Å²) in [6, 6.07) is 8.29. The molecular weight excluding hydrogens is 236 g/mol. The molecule has 2 rings (SSSR count). The number of benzene rings is 1. The molecule has 0 radical (unpaired) electrons.